The fraction of sp³-hybridized carbons (Fsp3) is 0.0385. The van der Waals surface area contributed by atoms with Crippen molar-refractivity contribution < 1.29 is 24.5 Å². The lowest BCUT2D eigenvalue weighted by Crippen LogP contribution is -2.05. The number of ether oxygens (including phenoxy) is 1. The number of carbonyl (C=O) groups excluding carboxylic acids is 2. The Bertz CT molecular complexity index is 1500. The van der Waals surface area contributed by atoms with Gasteiger partial charge in [-0.25, -0.2) is 4.98 Å². The first-order valence-corrected chi connectivity index (χ1v) is 11.2. The van der Waals surface area contributed by atoms with Crippen LogP contribution in [-0.2, 0) is 4.79 Å². The molecule has 5 aromatic rings. The summed E-state index contributed by atoms with van der Waals surface area (Å²) in [6.45, 7) is 1.30. The molecule has 0 saturated carbocycles. The molecule has 0 spiro atoms. The van der Waals surface area contributed by atoms with E-state index in [0.717, 1.165) is 10.2 Å². The van der Waals surface area contributed by atoms with Crippen LogP contribution in [0.15, 0.2) is 78.9 Å². The Morgan fingerprint density at radius 2 is 1.59 bits per heavy atom. The van der Waals surface area contributed by atoms with Crippen LogP contribution in [0.3, 0.4) is 0 Å². The number of benzene rings is 3. The zero-order valence-electron chi connectivity index (χ0n) is 17.9. The van der Waals surface area contributed by atoms with E-state index < -0.39 is 23.4 Å². The van der Waals surface area contributed by atoms with E-state index in [-0.39, 0.29) is 11.3 Å². The summed E-state index contributed by atoms with van der Waals surface area (Å²) in [5.74, 6) is -1.60. The number of fused-ring (bicyclic) bond motifs is 1. The Kier molecular flexibility index (Phi) is 5.35. The van der Waals surface area contributed by atoms with Crippen LogP contribution in [0.25, 0.3) is 26.6 Å². The van der Waals surface area contributed by atoms with Gasteiger partial charge in [0, 0.05) is 12.5 Å². The van der Waals surface area contributed by atoms with Crippen LogP contribution in [0.1, 0.15) is 22.8 Å². The summed E-state index contributed by atoms with van der Waals surface area (Å²) >= 11 is 1.31. The number of carbonyl (C=O) groups is 2. The predicted molar refractivity (Wildman–Crippen MR) is 129 cm³/mol. The van der Waals surface area contributed by atoms with Gasteiger partial charge in [0.1, 0.15) is 5.75 Å². The average molecular weight is 471 g/mol. The minimum atomic E-state index is -0.535. The number of nitrogens with zero attached hydrogens (tertiary/aromatic N) is 2. The number of para-hydroxylation sites is 1. The lowest BCUT2D eigenvalue weighted by atomic mass is 9.99. The van der Waals surface area contributed by atoms with E-state index in [1.807, 2.05) is 24.3 Å². The van der Waals surface area contributed by atoms with Crippen LogP contribution in [-0.4, -0.2) is 31.5 Å². The first kappa shape index (κ1) is 21.4. The van der Waals surface area contributed by atoms with E-state index >= 15 is 0 Å². The Balaban J connectivity index is 1.76. The molecule has 0 atom stereocenters. The number of rotatable bonds is 5. The van der Waals surface area contributed by atoms with Gasteiger partial charge in [-0.3, -0.25) is 14.2 Å². The molecular weight excluding hydrogens is 452 g/mol. The molecule has 0 fully saturated rings. The molecule has 0 radical (unpaired) electrons. The largest absolute Gasteiger partial charge is 0.503 e. The second kappa shape index (κ2) is 8.49. The van der Waals surface area contributed by atoms with Crippen molar-refractivity contribution in [3.05, 3.63) is 90.0 Å². The highest BCUT2D eigenvalue weighted by atomic mass is 32.1. The first-order valence-electron chi connectivity index (χ1n) is 10.3. The summed E-state index contributed by atoms with van der Waals surface area (Å²) in [5.41, 5.74) is 1.82. The molecule has 2 aromatic heterocycles. The van der Waals surface area contributed by atoms with Gasteiger partial charge in [-0.15, -0.1) is 0 Å². The maximum Gasteiger partial charge on any atom is 0.308 e. The quantitative estimate of drug-likeness (QED) is 0.205. The second-order valence-corrected chi connectivity index (χ2v) is 8.52. The number of hydrogen-bond donors (Lipinski definition) is 2. The minimum Gasteiger partial charge on any atom is -0.503 e. The number of ketones is 1. The van der Waals surface area contributed by atoms with Gasteiger partial charge in [0.2, 0.25) is 5.88 Å². The summed E-state index contributed by atoms with van der Waals surface area (Å²) in [6.07, 6.45) is 0. The highest BCUT2D eigenvalue weighted by Gasteiger charge is 2.31. The summed E-state index contributed by atoms with van der Waals surface area (Å²) in [4.78, 5) is 29.4. The second-order valence-electron chi connectivity index (χ2n) is 7.51. The topological polar surface area (TPSA) is 102 Å². The van der Waals surface area contributed by atoms with Crippen LogP contribution in [0, 0.1) is 0 Å². The number of aromatic nitrogens is 2. The van der Waals surface area contributed by atoms with Crippen molar-refractivity contribution >= 4 is 33.3 Å². The van der Waals surface area contributed by atoms with Crippen LogP contribution in [0.2, 0.25) is 0 Å². The maximum atomic E-state index is 13.5. The standard InChI is InChI=1S/C26H18N2O5S/c1-15(29)33-18-13-11-16(12-14-18)22-21(23(30)17-7-3-2-4-8-17)24(31)25(32)28(22)26-27-19-9-5-6-10-20(19)34-26/h2-14,31-32H,1H3. The van der Waals surface area contributed by atoms with E-state index in [1.165, 1.54) is 22.8 Å². The van der Waals surface area contributed by atoms with E-state index in [1.54, 1.807) is 54.6 Å². The molecule has 2 N–H and O–H groups in total. The van der Waals surface area contributed by atoms with Gasteiger partial charge in [0.05, 0.1) is 21.5 Å². The molecule has 5 rings (SSSR count). The third-order valence-corrected chi connectivity index (χ3v) is 6.27. The number of hydrogen-bond acceptors (Lipinski definition) is 7. The van der Waals surface area contributed by atoms with E-state index in [9.17, 15) is 19.8 Å². The van der Waals surface area contributed by atoms with Gasteiger partial charge in [0.25, 0.3) is 0 Å². The van der Waals surface area contributed by atoms with Crippen molar-refractivity contribution in [1.29, 1.82) is 0 Å². The molecule has 0 amide bonds. The van der Waals surface area contributed by atoms with Crippen molar-refractivity contribution in [2.75, 3.05) is 0 Å². The smallest absolute Gasteiger partial charge is 0.308 e. The third-order valence-electron chi connectivity index (χ3n) is 5.25. The molecule has 0 aliphatic heterocycles. The molecule has 0 aliphatic carbocycles. The number of aromatic hydroxyl groups is 2. The van der Waals surface area contributed by atoms with Gasteiger partial charge in [-0.2, -0.15) is 0 Å². The summed E-state index contributed by atoms with van der Waals surface area (Å²) in [5, 5.41) is 22.3. The predicted octanol–water partition coefficient (Wildman–Crippen LogP) is 5.32. The molecule has 2 heterocycles. The normalized spacial score (nSPS) is 11.0. The fourth-order valence-electron chi connectivity index (χ4n) is 3.76. The van der Waals surface area contributed by atoms with E-state index in [2.05, 4.69) is 4.98 Å². The van der Waals surface area contributed by atoms with Crippen LogP contribution < -0.4 is 4.74 Å². The van der Waals surface area contributed by atoms with Crippen LogP contribution >= 0.6 is 11.3 Å². The third kappa shape index (κ3) is 3.70. The molecule has 3 aromatic carbocycles. The molecule has 0 saturated heterocycles. The highest BCUT2D eigenvalue weighted by Crippen LogP contribution is 2.45. The summed E-state index contributed by atoms with van der Waals surface area (Å²) in [7, 11) is 0. The van der Waals surface area contributed by atoms with Crippen molar-refractivity contribution in [3.63, 3.8) is 0 Å². The number of thiazole rings is 1. The van der Waals surface area contributed by atoms with Crippen molar-refractivity contribution in [2.45, 2.75) is 6.92 Å². The van der Waals surface area contributed by atoms with Crippen molar-refractivity contribution in [3.8, 4) is 33.8 Å². The first-order chi connectivity index (χ1) is 16.4. The van der Waals surface area contributed by atoms with Crippen LogP contribution in [0.4, 0.5) is 0 Å². The summed E-state index contributed by atoms with van der Waals surface area (Å²) < 4.78 is 7.37. The van der Waals surface area contributed by atoms with Gasteiger partial charge in [0.15, 0.2) is 16.7 Å². The minimum absolute atomic E-state index is 0.0526. The Morgan fingerprint density at radius 1 is 0.912 bits per heavy atom. The zero-order chi connectivity index (χ0) is 23.8. The van der Waals surface area contributed by atoms with Crippen molar-refractivity contribution in [1.82, 2.24) is 9.55 Å². The number of esters is 1. The van der Waals surface area contributed by atoms with Crippen molar-refractivity contribution in [2.24, 2.45) is 0 Å². The monoisotopic (exact) mass is 470 g/mol. The molecule has 8 heteroatoms. The molecule has 0 bridgehead atoms. The molecule has 168 valence electrons. The molecule has 0 aliphatic rings. The molecule has 7 nitrogen and oxygen atoms in total. The Morgan fingerprint density at radius 3 is 2.26 bits per heavy atom. The van der Waals surface area contributed by atoms with E-state index in [4.69, 9.17) is 4.74 Å². The zero-order valence-corrected chi connectivity index (χ0v) is 18.7. The van der Waals surface area contributed by atoms with Gasteiger partial charge in [-0.05, 0) is 42.0 Å². The molecule has 0 unspecified atom stereocenters. The fourth-order valence-corrected chi connectivity index (χ4v) is 4.73. The molecule has 34 heavy (non-hydrogen) atoms. The van der Waals surface area contributed by atoms with E-state index in [0.29, 0.717) is 22.0 Å². The van der Waals surface area contributed by atoms with Gasteiger partial charge in [-0.1, -0.05) is 53.8 Å². The SMILES string of the molecule is CC(=O)Oc1ccc(-c2c(C(=O)c3ccccc3)c(O)c(O)n2-c2nc3ccccc3s2)cc1. The highest BCUT2D eigenvalue weighted by molar-refractivity contribution is 7.20. The average Bonchev–Trinajstić information content (AvgIpc) is 3.38. The van der Waals surface area contributed by atoms with Crippen LogP contribution in [0.5, 0.6) is 17.4 Å². The Labute approximate surface area is 198 Å². The van der Waals surface area contributed by atoms with Gasteiger partial charge < -0.3 is 14.9 Å². The van der Waals surface area contributed by atoms with Gasteiger partial charge >= 0.3 is 5.97 Å². The lowest BCUT2D eigenvalue weighted by Gasteiger charge is -2.10. The Hall–Kier alpha value is -4.43. The summed E-state index contributed by atoms with van der Waals surface area (Å²) in [6, 6.07) is 22.5. The molecular formula is C26H18N2O5S. The maximum absolute atomic E-state index is 13.5. The lowest BCUT2D eigenvalue weighted by molar-refractivity contribution is -0.131.